The summed E-state index contributed by atoms with van der Waals surface area (Å²) < 4.78 is 34.3. The third-order valence-electron chi connectivity index (χ3n) is 1.25. The van der Waals surface area contributed by atoms with Gasteiger partial charge in [0.15, 0.2) is 0 Å². The summed E-state index contributed by atoms with van der Waals surface area (Å²) in [4.78, 5) is 0. The second-order valence-electron chi connectivity index (χ2n) is 2.26. The average Bonchev–Trinajstić information content (AvgIpc) is 2.04. The molecule has 1 unspecified atom stereocenters. The van der Waals surface area contributed by atoms with Crippen LogP contribution in [0.2, 0.25) is 0 Å². The predicted octanol–water partition coefficient (Wildman–Crippen LogP) is 0.0892. The Kier molecular flexibility index (Phi) is 2.79. The zero-order valence-corrected chi connectivity index (χ0v) is 7.60. The molecular weight excluding hydrogens is 196 g/mol. The minimum atomic E-state index is -4.19. The first kappa shape index (κ1) is 9.87. The van der Waals surface area contributed by atoms with Gasteiger partial charge in [-0.1, -0.05) is 0 Å². The van der Waals surface area contributed by atoms with Crippen molar-refractivity contribution < 1.29 is 17.7 Å². The average molecular weight is 204 g/mol. The monoisotopic (exact) mass is 204 g/mol. The Labute approximate surface area is 75.3 Å². The molecule has 1 rings (SSSR count). The van der Waals surface area contributed by atoms with E-state index in [1.54, 1.807) is 6.07 Å². The standard InChI is InChI=1S/C6H8N2O4S/c1-5(13(9,10)11)12-6-3-2-4-7-8-6/h2-5H,1H3,(H,9,10,11). The van der Waals surface area contributed by atoms with Gasteiger partial charge in [-0.05, 0) is 13.0 Å². The number of ether oxygens (including phenoxy) is 1. The summed E-state index contributed by atoms with van der Waals surface area (Å²) in [6.07, 6.45) is 1.42. The van der Waals surface area contributed by atoms with Gasteiger partial charge in [-0.25, -0.2) is 0 Å². The van der Waals surface area contributed by atoms with Gasteiger partial charge >= 0.3 is 10.1 Å². The zero-order valence-electron chi connectivity index (χ0n) is 6.78. The van der Waals surface area contributed by atoms with Crippen LogP contribution < -0.4 is 4.74 Å². The lowest BCUT2D eigenvalue weighted by Gasteiger charge is -2.08. The molecule has 1 atom stereocenters. The quantitative estimate of drug-likeness (QED) is 0.702. The zero-order chi connectivity index (χ0) is 9.90. The van der Waals surface area contributed by atoms with E-state index >= 15 is 0 Å². The SMILES string of the molecule is CC(Oc1cccnn1)S(=O)(=O)O. The molecule has 0 spiro atoms. The van der Waals surface area contributed by atoms with Crippen LogP contribution in [0.3, 0.4) is 0 Å². The highest BCUT2D eigenvalue weighted by atomic mass is 32.2. The van der Waals surface area contributed by atoms with Crippen LogP contribution in [-0.4, -0.2) is 28.6 Å². The van der Waals surface area contributed by atoms with Crippen molar-refractivity contribution >= 4 is 10.1 Å². The molecule has 0 bridgehead atoms. The van der Waals surface area contributed by atoms with Gasteiger partial charge in [0, 0.05) is 12.3 Å². The van der Waals surface area contributed by atoms with Crippen LogP contribution in [0.5, 0.6) is 5.88 Å². The van der Waals surface area contributed by atoms with Crippen molar-refractivity contribution in [3.8, 4) is 5.88 Å². The van der Waals surface area contributed by atoms with Gasteiger partial charge < -0.3 is 4.74 Å². The van der Waals surface area contributed by atoms with Crippen LogP contribution >= 0.6 is 0 Å². The Morgan fingerprint density at radius 3 is 2.77 bits per heavy atom. The second-order valence-corrected chi connectivity index (χ2v) is 3.96. The lowest BCUT2D eigenvalue weighted by molar-refractivity contribution is 0.262. The summed E-state index contributed by atoms with van der Waals surface area (Å²) in [7, 11) is -4.19. The molecule has 0 amide bonds. The summed E-state index contributed by atoms with van der Waals surface area (Å²) in [5.74, 6) is 0.0487. The molecule has 1 heterocycles. The molecule has 0 fully saturated rings. The molecule has 13 heavy (non-hydrogen) atoms. The number of hydrogen-bond acceptors (Lipinski definition) is 5. The first-order valence-electron chi connectivity index (χ1n) is 3.41. The predicted molar refractivity (Wildman–Crippen MR) is 43.7 cm³/mol. The molecule has 1 N–H and O–H groups in total. The van der Waals surface area contributed by atoms with Crippen molar-refractivity contribution in [2.75, 3.05) is 0 Å². The lowest BCUT2D eigenvalue weighted by atomic mass is 10.6. The Balaban J connectivity index is 2.72. The van der Waals surface area contributed by atoms with Crippen LogP contribution in [0, 0.1) is 0 Å². The van der Waals surface area contributed by atoms with Crippen LogP contribution in [0.1, 0.15) is 6.92 Å². The summed E-state index contributed by atoms with van der Waals surface area (Å²) in [6, 6.07) is 2.98. The van der Waals surface area contributed by atoms with Gasteiger partial charge in [0.25, 0.3) is 0 Å². The van der Waals surface area contributed by atoms with Crippen LogP contribution in [0.25, 0.3) is 0 Å². The smallest absolute Gasteiger partial charge is 0.303 e. The third-order valence-corrected chi connectivity index (χ3v) is 2.19. The fraction of sp³-hybridized carbons (Fsp3) is 0.333. The highest BCUT2D eigenvalue weighted by Gasteiger charge is 2.19. The number of nitrogens with zero attached hydrogens (tertiary/aromatic N) is 2. The molecule has 6 nitrogen and oxygen atoms in total. The topological polar surface area (TPSA) is 89.4 Å². The maximum Gasteiger partial charge on any atom is 0.303 e. The highest BCUT2D eigenvalue weighted by molar-refractivity contribution is 7.86. The van der Waals surface area contributed by atoms with E-state index in [1.165, 1.54) is 19.2 Å². The van der Waals surface area contributed by atoms with Gasteiger partial charge in [-0.2, -0.15) is 13.5 Å². The first-order chi connectivity index (χ1) is 6.00. The molecular formula is C6H8N2O4S. The van der Waals surface area contributed by atoms with E-state index in [-0.39, 0.29) is 5.88 Å². The fourth-order valence-electron chi connectivity index (χ4n) is 0.581. The second kappa shape index (κ2) is 3.67. The minimum absolute atomic E-state index is 0.0487. The highest BCUT2D eigenvalue weighted by Crippen LogP contribution is 2.07. The molecule has 0 aliphatic heterocycles. The van der Waals surface area contributed by atoms with E-state index in [0.717, 1.165) is 0 Å². The van der Waals surface area contributed by atoms with E-state index in [1.807, 2.05) is 0 Å². The number of hydrogen-bond donors (Lipinski definition) is 1. The molecule has 1 aromatic rings. The molecule has 72 valence electrons. The molecule has 0 aliphatic carbocycles. The van der Waals surface area contributed by atoms with E-state index in [0.29, 0.717) is 0 Å². The summed E-state index contributed by atoms with van der Waals surface area (Å²) in [6.45, 7) is 1.20. The van der Waals surface area contributed by atoms with Gasteiger partial charge in [0.2, 0.25) is 11.3 Å². The third kappa shape index (κ3) is 2.96. The summed E-state index contributed by atoms with van der Waals surface area (Å²) in [5.41, 5.74) is -1.34. The maximum atomic E-state index is 10.5. The van der Waals surface area contributed by atoms with Gasteiger partial charge in [-0.15, -0.1) is 5.10 Å². The lowest BCUT2D eigenvalue weighted by Crippen LogP contribution is -2.23. The van der Waals surface area contributed by atoms with Crippen molar-refractivity contribution in [1.82, 2.24) is 10.2 Å². The molecule has 0 aliphatic rings. The largest absolute Gasteiger partial charge is 0.455 e. The molecule has 0 aromatic carbocycles. The first-order valence-corrected chi connectivity index (χ1v) is 4.91. The van der Waals surface area contributed by atoms with Crippen LogP contribution in [0.4, 0.5) is 0 Å². The molecule has 0 saturated carbocycles. The Morgan fingerprint density at radius 1 is 1.62 bits per heavy atom. The van der Waals surface area contributed by atoms with Crippen molar-refractivity contribution in [3.05, 3.63) is 18.3 Å². The number of rotatable bonds is 3. The van der Waals surface area contributed by atoms with Gasteiger partial charge in [0.05, 0.1) is 0 Å². The summed E-state index contributed by atoms with van der Waals surface area (Å²) >= 11 is 0. The van der Waals surface area contributed by atoms with Crippen molar-refractivity contribution in [2.24, 2.45) is 0 Å². The number of aromatic nitrogens is 2. The van der Waals surface area contributed by atoms with Crippen molar-refractivity contribution in [1.29, 1.82) is 0 Å². The normalized spacial score (nSPS) is 13.7. The van der Waals surface area contributed by atoms with Gasteiger partial charge in [-0.3, -0.25) is 4.55 Å². The molecule has 0 radical (unpaired) electrons. The van der Waals surface area contributed by atoms with E-state index < -0.39 is 15.6 Å². The Hall–Kier alpha value is -1.21. The molecule has 7 heteroatoms. The van der Waals surface area contributed by atoms with E-state index in [4.69, 9.17) is 9.29 Å². The fourth-order valence-corrected chi connectivity index (χ4v) is 0.801. The van der Waals surface area contributed by atoms with Crippen LogP contribution in [0.15, 0.2) is 18.3 Å². The minimum Gasteiger partial charge on any atom is -0.455 e. The van der Waals surface area contributed by atoms with E-state index in [9.17, 15) is 8.42 Å². The van der Waals surface area contributed by atoms with Crippen LogP contribution in [-0.2, 0) is 10.1 Å². The summed E-state index contributed by atoms with van der Waals surface area (Å²) in [5, 5.41) is 6.95. The molecule has 0 saturated heterocycles. The maximum absolute atomic E-state index is 10.5. The van der Waals surface area contributed by atoms with E-state index in [2.05, 4.69) is 10.2 Å². The Bertz CT molecular complexity index is 363. The van der Waals surface area contributed by atoms with Gasteiger partial charge in [0.1, 0.15) is 0 Å². The van der Waals surface area contributed by atoms with Crippen molar-refractivity contribution in [2.45, 2.75) is 12.4 Å². The Morgan fingerprint density at radius 2 is 2.31 bits per heavy atom. The molecule has 1 aromatic heterocycles. The van der Waals surface area contributed by atoms with Crippen molar-refractivity contribution in [3.63, 3.8) is 0 Å².